The van der Waals surface area contributed by atoms with Crippen molar-refractivity contribution in [3.63, 3.8) is 0 Å². The van der Waals surface area contributed by atoms with E-state index < -0.39 is 0 Å². The van der Waals surface area contributed by atoms with Crippen LogP contribution in [0.2, 0.25) is 0 Å². The number of carbonyl (C=O) groups is 1. The molecular weight excluding hydrogens is 256 g/mol. The zero-order valence-electron chi connectivity index (χ0n) is 12.7. The first-order chi connectivity index (χ1) is 9.58. The molecule has 1 rings (SSSR count). The number of hydrogen-bond donors (Lipinski definition) is 2. The van der Waals surface area contributed by atoms with E-state index in [0.29, 0.717) is 18.9 Å². The van der Waals surface area contributed by atoms with E-state index in [4.69, 9.17) is 5.84 Å². The molecule has 0 aliphatic heterocycles. The highest BCUT2D eigenvalue weighted by atomic mass is 16.2. The van der Waals surface area contributed by atoms with E-state index in [2.05, 4.69) is 15.4 Å². The lowest BCUT2D eigenvalue weighted by atomic mass is 10.2. The van der Waals surface area contributed by atoms with Gasteiger partial charge in [0.05, 0.1) is 6.54 Å². The summed E-state index contributed by atoms with van der Waals surface area (Å²) < 4.78 is 0. The van der Waals surface area contributed by atoms with Gasteiger partial charge >= 0.3 is 0 Å². The molecule has 7 nitrogen and oxygen atoms in total. The standard InChI is InChI=1S/C13H24N6O/c1-5-10-12(17-14)15-9-16-13(10)18(4)8-11(20)19(6-2)7-3/h9H,5-8,14H2,1-4H3,(H,15,16,17). The van der Waals surface area contributed by atoms with Crippen LogP contribution in [0.4, 0.5) is 11.6 Å². The Bertz CT molecular complexity index is 446. The van der Waals surface area contributed by atoms with Crippen molar-refractivity contribution in [3.8, 4) is 0 Å². The molecule has 7 heteroatoms. The first-order valence-electron chi connectivity index (χ1n) is 6.88. The molecule has 0 aliphatic carbocycles. The van der Waals surface area contributed by atoms with Gasteiger partial charge in [0.2, 0.25) is 5.91 Å². The molecule has 0 bridgehead atoms. The predicted octanol–water partition coefficient (Wildman–Crippen LogP) is 0.629. The summed E-state index contributed by atoms with van der Waals surface area (Å²) in [5.41, 5.74) is 3.47. The minimum absolute atomic E-state index is 0.0837. The van der Waals surface area contributed by atoms with Crippen molar-refractivity contribution in [3.05, 3.63) is 11.9 Å². The molecule has 3 N–H and O–H groups in total. The molecular formula is C13H24N6O. The van der Waals surface area contributed by atoms with Gasteiger partial charge in [-0.1, -0.05) is 6.92 Å². The number of anilines is 2. The Morgan fingerprint density at radius 1 is 1.30 bits per heavy atom. The quantitative estimate of drug-likeness (QED) is 0.562. The van der Waals surface area contributed by atoms with Crippen LogP contribution in [0.15, 0.2) is 6.33 Å². The highest BCUT2D eigenvalue weighted by Gasteiger charge is 2.17. The van der Waals surface area contributed by atoms with Gasteiger partial charge in [-0.3, -0.25) is 4.79 Å². The van der Waals surface area contributed by atoms with Crippen molar-refractivity contribution in [2.75, 3.05) is 37.0 Å². The summed E-state index contributed by atoms with van der Waals surface area (Å²) >= 11 is 0. The highest BCUT2D eigenvalue weighted by molar-refractivity contribution is 5.81. The molecule has 0 radical (unpaired) electrons. The summed E-state index contributed by atoms with van der Waals surface area (Å²) in [6, 6.07) is 0. The molecule has 0 aromatic carbocycles. The average Bonchev–Trinajstić information content (AvgIpc) is 2.47. The number of hydrazine groups is 1. The molecule has 0 aliphatic rings. The zero-order valence-corrected chi connectivity index (χ0v) is 12.7. The second kappa shape index (κ2) is 7.64. The van der Waals surface area contributed by atoms with Crippen molar-refractivity contribution in [2.45, 2.75) is 27.2 Å². The molecule has 0 unspecified atom stereocenters. The summed E-state index contributed by atoms with van der Waals surface area (Å²) in [5.74, 6) is 6.87. The number of carbonyl (C=O) groups excluding carboxylic acids is 1. The van der Waals surface area contributed by atoms with Crippen molar-refractivity contribution >= 4 is 17.5 Å². The summed E-state index contributed by atoms with van der Waals surface area (Å²) in [4.78, 5) is 24.1. The molecule has 112 valence electrons. The number of amides is 1. The molecule has 1 aromatic rings. The number of nitrogens with zero attached hydrogens (tertiary/aromatic N) is 4. The van der Waals surface area contributed by atoms with Gasteiger partial charge in [-0.15, -0.1) is 0 Å². The lowest BCUT2D eigenvalue weighted by Crippen LogP contribution is -2.39. The maximum atomic E-state index is 12.1. The lowest BCUT2D eigenvalue weighted by molar-refractivity contribution is -0.129. The average molecular weight is 280 g/mol. The van der Waals surface area contributed by atoms with Crippen molar-refractivity contribution in [2.24, 2.45) is 5.84 Å². The second-order valence-corrected chi connectivity index (χ2v) is 4.44. The van der Waals surface area contributed by atoms with E-state index in [1.165, 1.54) is 6.33 Å². The van der Waals surface area contributed by atoms with Crippen LogP contribution < -0.4 is 16.2 Å². The molecule has 0 saturated heterocycles. The van der Waals surface area contributed by atoms with Gasteiger partial charge in [-0.2, -0.15) is 0 Å². The smallest absolute Gasteiger partial charge is 0.242 e. The summed E-state index contributed by atoms with van der Waals surface area (Å²) in [6.45, 7) is 7.66. The highest BCUT2D eigenvalue weighted by Crippen LogP contribution is 2.22. The van der Waals surface area contributed by atoms with Crippen LogP contribution >= 0.6 is 0 Å². The fraction of sp³-hybridized carbons (Fsp3) is 0.615. The van der Waals surface area contributed by atoms with Crippen molar-refractivity contribution in [1.29, 1.82) is 0 Å². The number of nitrogens with two attached hydrogens (primary N) is 1. The van der Waals surface area contributed by atoms with Crippen molar-refractivity contribution < 1.29 is 4.79 Å². The Kier molecular flexibility index (Phi) is 6.17. The van der Waals surface area contributed by atoms with Crippen molar-refractivity contribution in [1.82, 2.24) is 14.9 Å². The van der Waals surface area contributed by atoms with Crippen LogP contribution in [0.5, 0.6) is 0 Å². The minimum atomic E-state index is 0.0837. The first kappa shape index (κ1) is 16.2. The van der Waals surface area contributed by atoms with Crippen LogP contribution in [0.25, 0.3) is 0 Å². The number of aromatic nitrogens is 2. The minimum Gasteiger partial charge on any atom is -0.350 e. The van der Waals surface area contributed by atoms with E-state index >= 15 is 0 Å². The Morgan fingerprint density at radius 2 is 1.95 bits per heavy atom. The van der Waals surface area contributed by atoms with Gasteiger partial charge in [0, 0.05) is 25.7 Å². The van der Waals surface area contributed by atoms with E-state index in [1.807, 2.05) is 32.7 Å². The van der Waals surface area contributed by atoms with Gasteiger partial charge in [-0.05, 0) is 20.3 Å². The van der Waals surface area contributed by atoms with Crippen LogP contribution in [0, 0.1) is 0 Å². The number of rotatable bonds is 7. The fourth-order valence-corrected chi connectivity index (χ4v) is 2.14. The van der Waals surface area contributed by atoms with Crippen LogP contribution in [0.3, 0.4) is 0 Å². The fourth-order valence-electron chi connectivity index (χ4n) is 2.14. The normalized spacial score (nSPS) is 10.2. The van der Waals surface area contributed by atoms with Gasteiger partial charge in [0.25, 0.3) is 0 Å². The Balaban J connectivity index is 2.92. The molecule has 0 spiro atoms. The first-order valence-corrected chi connectivity index (χ1v) is 6.88. The van der Waals surface area contributed by atoms with Crippen LogP contribution in [0.1, 0.15) is 26.3 Å². The maximum Gasteiger partial charge on any atom is 0.242 e. The Hall–Kier alpha value is -1.89. The van der Waals surface area contributed by atoms with E-state index in [1.54, 1.807) is 4.90 Å². The largest absolute Gasteiger partial charge is 0.350 e. The number of nitrogens with one attached hydrogen (secondary N) is 1. The summed E-state index contributed by atoms with van der Waals surface area (Å²) in [5, 5.41) is 0. The molecule has 0 saturated carbocycles. The Labute approximate surface area is 120 Å². The second-order valence-electron chi connectivity index (χ2n) is 4.44. The molecule has 1 amide bonds. The SMILES string of the molecule is CCc1c(NN)ncnc1N(C)CC(=O)N(CC)CC. The summed E-state index contributed by atoms with van der Waals surface area (Å²) in [7, 11) is 1.85. The number of likely N-dealkylation sites (N-methyl/N-ethyl adjacent to an activating group) is 2. The van der Waals surface area contributed by atoms with E-state index in [9.17, 15) is 4.79 Å². The van der Waals surface area contributed by atoms with E-state index in [0.717, 1.165) is 17.8 Å². The topological polar surface area (TPSA) is 87.4 Å². The monoisotopic (exact) mass is 280 g/mol. The summed E-state index contributed by atoms with van der Waals surface area (Å²) in [6.07, 6.45) is 2.18. The molecule has 1 aromatic heterocycles. The number of hydrogen-bond acceptors (Lipinski definition) is 6. The number of nitrogen functional groups attached to an aromatic ring is 1. The lowest BCUT2D eigenvalue weighted by Gasteiger charge is -2.25. The predicted molar refractivity (Wildman–Crippen MR) is 80.4 cm³/mol. The Morgan fingerprint density at radius 3 is 2.45 bits per heavy atom. The molecule has 0 atom stereocenters. The maximum absolute atomic E-state index is 12.1. The van der Waals surface area contributed by atoms with Gasteiger partial charge < -0.3 is 15.2 Å². The van der Waals surface area contributed by atoms with E-state index in [-0.39, 0.29) is 12.5 Å². The molecule has 1 heterocycles. The van der Waals surface area contributed by atoms with Crippen LogP contribution in [-0.2, 0) is 11.2 Å². The van der Waals surface area contributed by atoms with Gasteiger partial charge in [0.15, 0.2) is 0 Å². The molecule has 20 heavy (non-hydrogen) atoms. The van der Waals surface area contributed by atoms with Gasteiger partial charge in [-0.25, -0.2) is 15.8 Å². The third-order valence-electron chi connectivity index (χ3n) is 3.26. The van der Waals surface area contributed by atoms with Gasteiger partial charge in [0.1, 0.15) is 18.0 Å². The molecule has 0 fully saturated rings. The van der Waals surface area contributed by atoms with Crippen LogP contribution in [-0.4, -0.2) is 47.5 Å². The third-order valence-corrected chi connectivity index (χ3v) is 3.26. The third kappa shape index (κ3) is 3.57. The zero-order chi connectivity index (χ0) is 15.1.